The van der Waals surface area contributed by atoms with Crippen LogP contribution in [0.1, 0.15) is 22.8 Å². The van der Waals surface area contributed by atoms with E-state index < -0.39 is 24.0 Å². The first kappa shape index (κ1) is 20.9. The number of amides is 2. The number of hydrogen-bond donors (Lipinski definition) is 5. The Kier molecular flexibility index (Phi) is 7.08. The molecule has 9 heteroatoms. The molecule has 0 saturated heterocycles. The average Bonchev–Trinajstić information content (AvgIpc) is 2.71. The number of carbonyl (C=O) groups is 2. The topological polar surface area (TPSA) is 140 Å². The molecule has 0 spiro atoms. The Morgan fingerprint density at radius 2 is 1.79 bits per heavy atom. The van der Waals surface area contributed by atoms with Gasteiger partial charge in [-0.25, -0.2) is 5.48 Å². The van der Waals surface area contributed by atoms with Crippen molar-refractivity contribution in [2.45, 2.75) is 19.1 Å². The van der Waals surface area contributed by atoms with E-state index in [1.807, 2.05) is 6.07 Å². The zero-order valence-electron chi connectivity index (χ0n) is 15.3. The third kappa shape index (κ3) is 4.84. The van der Waals surface area contributed by atoms with Crippen molar-refractivity contribution in [3.63, 3.8) is 0 Å². The summed E-state index contributed by atoms with van der Waals surface area (Å²) in [7, 11) is 1.51. The van der Waals surface area contributed by atoms with Crippen LogP contribution in [0.3, 0.4) is 0 Å². The molecule has 5 N–H and O–H groups in total. The fraction of sp³-hybridized carbons (Fsp3) is 0.211. The van der Waals surface area contributed by atoms with E-state index in [0.717, 1.165) is 11.1 Å². The van der Waals surface area contributed by atoms with Crippen LogP contribution in [0, 0.1) is 0 Å². The van der Waals surface area contributed by atoms with E-state index in [2.05, 4.69) is 10.5 Å². The Labute approximate surface area is 161 Å². The number of rotatable bonds is 7. The number of aliphatic hydroxyl groups is 1. The predicted molar refractivity (Wildman–Crippen MR) is 101 cm³/mol. The lowest BCUT2D eigenvalue weighted by atomic mass is 10.0. The fourth-order valence-electron chi connectivity index (χ4n) is 2.59. The first-order chi connectivity index (χ1) is 13.4. The molecule has 148 valence electrons. The van der Waals surface area contributed by atoms with Gasteiger partial charge in [0.2, 0.25) is 0 Å². The Bertz CT molecular complexity index is 864. The van der Waals surface area contributed by atoms with Gasteiger partial charge in [-0.15, -0.1) is 0 Å². The van der Waals surface area contributed by atoms with E-state index in [4.69, 9.17) is 15.2 Å². The SMILES string of the molecule is COc1ccc(-c2ccc(C(=O)N[C@H](C(=O)NO)[C@@H](C)O)cc2)cc1C=NO. The summed E-state index contributed by atoms with van der Waals surface area (Å²) in [6.45, 7) is 1.32. The van der Waals surface area contributed by atoms with Crippen LogP contribution in [-0.4, -0.2) is 52.8 Å². The molecule has 0 aliphatic heterocycles. The summed E-state index contributed by atoms with van der Waals surface area (Å²) in [4.78, 5) is 23.8. The summed E-state index contributed by atoms with van der Waals surface area (Å²) >= 11 is 0. The van der Waals surface area contributed by atoms with Crippen molar-refractivity contribution in [3.05, 3.63) is 53.6 Å². The predicted octanol–water partition coefficient (Wildman–Crippen LogP) is 1.15. The minimum Gasteiger partial charge on any atom is -0.496 e. The third-order valence-electron chi connectivity index (χ3n) is 4.07. The van der Waals surface area contributed by atoms with Crippen LogP contribution in [0.25, 0.3) is 11.1 Å². The largest absolute Gasteiger partial charge is 0.496 e. The highest BCUT2D eigenvalue weighted by Gasteiger charge is 2.25. The van der Waals surface area contributed by atoms with E-state index in [0.29, 0.717) is 11.3 Å². The molecule has 0 fully saturated rings. The second-order valence-electron chi connectivity index (χ2n) is 5.95. The maximum absolute atomic E-state index is 12.3. The molecule has 28 heavy (non-hydrogen) atoms. The summed E-state index contributed by atoms with van der Waals surface area (Å²) in [6, 6.07) is 10.6. The number of hydroxylamine groups is 1. The molecule has 0 unspecified atom stereocenters. The van der Waals surface area contributed by atoms with Crippen molar-refractivity contribution in [2.24, 2.45) is 5.16 Å². The molecule has 0 aliphatic carbocycles. The molecule has 0 aromatic heterocycles. The Morgan fingerprint density at radius 1 is 1.14 bits per heavy atom. The van der Waals surface area contributed by atoms with Gasteiger partial charge in [-0.2, -0.15) is 0 Å². The lowest BCUT2D eigenvalue weighted by molar-refractivity contribution is -0.133. The number of nitrogens with one attached hydrogen (secondary N) is 2. The maximum Gasteiger partial charge on any atom is 0.268 e. The van der Waals surface area contributed by atoms with Crippen molar-refractivity contribution in [1.82, 2.24) is 10.8 Å². The van der Waals surface area contributed by atoms with Crippen LogP contribution < -0.4 is 15.5 Å². The Morgan fingerprint density at radius 3 is 2.32 bits per heavy atom. The van der Waals surface area contributed by atoms with E-state index in [1.165, 1.54) is 25.7 Å². The lowest BCUT2D eigenvalue weighted by Crippen LogP contribution is -2.51. The van der Waals surface area contributed by atoms with Gasteiger partial charge in [0.25, 0.3) is 11.8 Å². The highest BCUT2D eigenvalue weighted by molar-refractivity contribution is 5.98. The van der Waals surface area contributed by atoms with E-state index in [9.17, 15) is 14.7 Å². The van der Waals surface area contributed by atoms with Gasteiger partial charge < -0.3 is 20.4 Å². The zero-order valence-corrected chi connectivity index (χ0v) is 15.3. The molecule has 0 heterocycles. The number of nitrogens with zero attached hydrogens (tertiary/aromatic N) is 1. The van der Waals surface area contributed by atoms with Gasteiger partial charge in [-0.1, -0.05) is 23.4 Å². The van der Waals surface area contributed by atoms with Crippen LogP contribution in [0.5, 0.6) is 5.75 Å². The Hall–Kier alpha value is -3.43. The zero-order chi connectivity index (χ0) is 20.7. The van der Waals surface area contributed by atoms with Crippen molar-refractivity contribution in [1.29, 1.82) is 0 Å². The molecule has 2 aromatic carbocycles. The summed E-state index contributed by atoms with van der Waals surface area (Å²) < 4.78 is 5.20. The van der Waals surface area contributed by atoms with Crippen LogP contribution >= 0.6 is 0 Å². The number of oxime groups is 1. The standard InChI is InChI=1S/C19H21N3O6/c1-11(23)17(19(25)22-27)21-18(24)13-5-3-12(4-6-13)14-7-8-16(28-2)15(9-14)10-20-26/h3-11,17,23,26-27H,1-2H3,(H,21,24)(H,22,25)/t11-,17+/m1/s1. The van der Waals surface area contributed by atoms with Gasteiger partial charge >= 0.3 is 0 Å². The van der Waals surface area contributed by atoms with Crippen molar-refractivity contribution >= 4 is 18.0 Å². The van der Waals surface area contributed by atoms with Crippen LogP contribution in [0.15, 0.2) is 47.6 Å². The third-order valence-corrected chi connectivity index (χ3v) is 4.07. The van der Waals surface area contributed by atoms with Gasteiger partial charge in [0, 0.05) is 11.1 Å². The fourth-order valence-corrected chi connectivity index (χ4v) is 2.59. The number of hydrogen-bond acceptors (Lipinski definition) is 7. The quantitative estimate of drug-likeness (QED) is 0.209. The van der Waals surface area contributed by atoms with Crippen LogP contribution in [-0.2, 0) is 4.79 Å². The van der Waals surface area contributed by atoms with Gasteiger partial charge in [-0.3, -0.25) is 14.8 Å². The highest BCUT2D eigenvalue weighted by Crippen LogP contribution is 2.26. The molecule has 2 atom stereocenters. The molecular weight excluding hydrogens is 366 g/mol. The van der Waals surface area contributed by atoms with E-state index in [-0.39, 0.29) is 5.56 Å². The van der Waals surface area contributed by atoms with Crippen LogP contribution in [0.4, 0.5) is 0 Å². The van der Waals surface area contributed by atoms with Gasteiger partial charge in [0.1, 0.15) is 11.8 Å². The Balaban J connectivity index is 2.22. The van der Waals surface area contributed by atoms with Gasteiger partial charge in [-0.05, 0) is 42.3 Å². The van der Waals surface area contributed by atoms with Crippen molar-refractivity contribution in [3.8, 4) is 16.9 Å². The molecule has 0 radical (unpaired) electrons. The minimum atomic E-state index is -1.29. The summed E-state index contributed by atoms with van der Waals surface area (Å²) in [5.41, 5.74) is 3.87. The lowest BCUT2D eigenvalue weighted by Gasteiger charge is -2.19. The second-order valence-corrected chi connectivity index (χ2v) is 5.95. The summed E-state index contributed by atoms with van der Waals surface area (Å²) in [5, 5.41) is 32.4. The molecular formula is C19H21N3O6. The molecule has 2 rings (SSSR count). The normalized spacial score (nSPS) is 13.0. The monoisotopic (exact) mass is 387 g/mol. The summed E-state index contributed by atoms with van der Waals surface area (Å²) in [5.74, 6) is -0.955. The number of carbonyl (C=O) groups excluding carboxylic acids is 2. The molecule has 0 bridgehead atoms. The molecule has 2 amide bonds. The van der Waals surface area contributed by atoms with E-state index in [1.54, 1.807) is 36.4 Å². The number of benzene rings is 2. The van der Waals surface area contributed by atoms with Crippen molar-refractivity contribution in [2.75, 3.05) is 7.11 Å². The minimum absolute atomic E-state index is 0.269. The molecule has 0 saturated carbocycles. The molecule has 2 aromatic rings. The highest BCUT2D eigenvalue weighted by atomic mass is 16.5. The maximum atomic E-state index is 12.3. The second kappa shape index (κ2) is 9.49. The van der Waals surface area contributed by atoms with E-state index >= 15 is 0 Å². The van der Waals surface area contributed by atoms with Gasteiger partial charge in [0.15, 0.2) is 0 Å². The van der Waals surface area contributed by atoms with Gasteiger partial charge in [0.05, 0.1) is 19.4 Å². The smallest absolute Gasteiger partial charge is 0.268 e. The first-order valence-electron chi connectivity index (χ1n) is 8.30. The number of ether oxygens (including phenoxy) is 1. The van der Waals surface area contributed by atoms with Crippen molar-refractivity contribution < 1.29 is 29.8 Å². The average molecular weight is 387 g/mol. The first-order valence-corrected chi connectivity index (χ1v) is 8.30. The number of methoxy groups -OCH3 is 1. The number of aliphatic hydroxyl groups excluding tert-OH is 1. The molecule has 9 nitrogen and oxygen atoms in total. The van der Waals surface area contributed by atoms with Crippen LogP contribution in [0.2, 0.25) is 0 Å². The molecule has 0 aliphatic rings. The summed E-state index contributed by atoms with van der Waals surface area (Å²) in [6.07, 6.45) is 0.0632.